The molecule has 10 nitrogen and oxygen atoms in total. The van der Waals surface area contributed by atoms with Gasteiger partial charge in [-0.05, 0) is 18.1 Å². The van der Waals surface area contributed by atoms with Crippen LogP contribution in [0.5, 0.6) is 5.75 Å². The van der Waals surface area contributed by atoms with Gasteiger partial charge in [0.1, 0.15) is 24.6 Å². The number of fused-ring (bicyclic) bond motifs is 1. The van der Waals surface area contributed by atoms with Crippen LogP contribution in [0.4, 0.5) is 4.39 Å². The fraction of sp³-hybridized carbons (Fsp3) is 0.412. The molecular formula is C17H18FN2O8P. The highest BCUT2D eigenvalue weighted by atomic mass is 31.2. The van der Waals surface area contributed by atoms with Gasteiger partial charge in [-0.1, -0.05) is 18.2 Å². The predicted octanol–water partition coefficient (Wildman–Crippen LogP) is 0.298. The smallest absolute Gasteiger partial charge is 0.379 e. The molecule has 1 saturated heterocycles. The van der Waals surface area contributed by atoms with Gasteiger partial charge in [-0.15, -0.1) is 0 Å². The summed E-state index contributed by atoms with van der Waals surface area (Å²) in [6.07, 6.45) is -4.18. The first kappa shape index (κ1) is 20.0. The van der Waals surface area contributed by atoms with Crippen LogP contribution < -0.4 is 15.8 Å². The number of ether oxygens (including phenoxy) is 1. The highest BCUT2D eigenvalue weighted by molar-refractivity contribution is 7.54. The van der Waals surface area contributed by atoms with E-state index in [1.807, 2.05) is 11.1 Å². The molecule has 0 saturated carbocycles. The maximum Gasteiger partial charge on any atom is 0.379 e. The third-order valence-corrected chi connectivity index (χ3v) is 6.59. The summed E-state index contributed by atoms with van der Waals surface area (Å²) in [4.78, 5) is 25.0. The van der Waals surface area contributed by atoms with Crippen LogP contribution in [0, 0.1) is 0 Å². The molecule has 1 aromatic carbocycles. The van der Waals surface area contributed by atoms with Gasteiger partial charge in [-0.25, -0.2) is 13.8 Å². The lowest BCUT2D eigenvalue weighted by molar-refractivity contribution is -0.203. The summed E-state index contributed by atoms with van der Waals surface area (Å²) in [5, 5.41) is 20.3. The van der Waals surface area contributed by atoms with E-state index in [1.165, 1.54) is 0 Å². The van der Waals surface area contributed by atoms with Gasteiger partial charge in [-0.3, -0.25) is 18.9 Å². The number of nitrogens with one attached hydrogen (secondary N) is 1. The average molecular weight is 428 g/mol. The zero-order valence-electron chi connectivity index (χ0n) is 14.9. The Bertz CT molecular complexity index is 1090. The SMILES string of the molecule is O=c1ccn([C@@H]2O[C@](F)(COP3(=O)CCc4ccccc4O3)[C@@H](O)[C@H]2O)c(=O)[nH]1. The lowest BCUT2D eigenvalue weighted by Gasteiger charge is -2.29. The number of halogens is 1. The number of aliphatic hydroxyl groups excluding tert-OH is 2. The van der Waals surface area contributed by atoms with Crippen LogP contribution in [0.1, 0.15) is 11.8 Å². The molecule has 0 aliphatic carbocycles. The van der Waals surface area contributed by atoms with Crippen LogP contribution in [0.3, 0.4) is 0 Å². The van der Waals surface area contributed by atoms with Gasteiger partial charge in [0.25, 0.3) is 11.4 Å². The Kier molecular flexibility index (Phi) is 4.96. The minimum absolute atomic E-state index is 0.00154. The molecule has 156 valence electrons. The summed E-state index contributed by atoms with van der Waals surface area (Å²) in [5.41, 5.74) is -0.816. The summed E-state index contributed by atoms with van der Waals surface area (Å²) in [6, 6.07) is 7.89. The second-order valence-electron chi connectivity index (χ2n) is 6.80. The zero-order valence-corrected chi connectivity index (χ0v) is 15.8. The number of nitrogens with zero attached hydrogens (tertiary/aromatic N) is 1. The number of hydrogen-bond acceptors (Lipinski definition) is 8. The Balaban J connectivity index is 1.51. The third kappa shape index (κ3) is 3.67. The van der Waals surface area contributed by atoms with Crippen molar-refractivity contribution < 1.29 is 33.0 Å². The van der Waals surface area contributed by atoms with Crippen molar-refractivity contribution in [2.24, 2.45) is 0 Å². The van der Waals surface area contributed by atoms with E-state index in [2.05, 4.69) is 0 Å². The molecule has 1 aromatic heterocycles. The van der Waals surface area contributed by atoms with E-state index in [0.717, 1.165) is 22.4 Å². The Labute approximate surface area is 163 Å². The number of para-hydroxylation sites is 1. The van der Waals surface area contributed by atoms with Crippen molar-refractivity contribution in [1.82, 2.24) is 9.55 Å². The van der Waals surface area contributed by atoms with Crippen molar-refractivity contribution in [3.05, 3.63) is 62.9 Å². The normalized spacial score (nSPS) is 33.8. The molecule has 2 aliphatic rings. The van der Waals surface area contributed by atoms with Gasteiger partial charge >= 0.3 is 13.3 Å². The van der Waals surface area contributed by atoms with Crippen LogP contribution in [-0.4, -0.2) is 50.6 Å². The topological polar surface area (TPSA) is 140 Å². The number of benzene rings is 1. The molecule has 12 heteroatoms. The molecule has 0 amide bonds. The molecule has 0 radical (unpaired) electrons. The molecule has 5 atom stereocenters. The standard InChI is InChI=1S/C17H18FN2O8P/c18-17(9-26-29(25)8-6-10-3-1-2-4-11(10)28-29)14(23)13(22)15(27-17)20-7-5-12(21)19-16(20)24/h1-5,7,13-15,22-23H,6,8-9H2,(H,19,21,24)/t13-,14+,15-,17-,29?/m1/s1. The van der Waals surface area contributed by atoms with Crippen molar-refractivity contribution in [3.8, 4) is 5.75 Å². The van der Waals surface area contributed by atoms with E-state index in [4.69, 9.17) is 13.8 Å². The summed E-state index contributed by atoms with van der Waals surface area (Å²) in [6.45, 7) is -1.00. The number of H-pyrrole nitrogens is 1. The molecule has 29 heavy (non-hydrogen) atoms. The van der Waals surface area contributed by atoms with E-state index in [0.29, 0.717) is 12.2 Å². The van der Waals surface area contributed by atoms with Gasteiger partial charge in [-0.2, -0.15) is 0 Å². The number of hydrogen-bond donors (Lipinski definition) is 3. The molecule has 0 spiro atoms. The van der Waals surface area contributed by atoms with Gasteiger partial charge in [0.05, 0.1) is 6.16 Å². The Morgan fingerprint density at radius 1 is 1.31 bits per heavy atom. The quantitative estimate of drug-likeness (QED) is 0.591. The first-order chi connectivity index (χ1) is 13.7. The summed E-state index contributed by atoms with van der Waals surface area (Å²) < 4.78 is 44.4. The number of aromatic amines is 1. The monoisotopic (exact) mass is 428 g/mol. The Morgan fingerprint density at radius 2 is 2.07 bits per heavy atom. The maximum atomic E-state index is 15.2. The van der Waals surface area contributed by atoms with Crippen molar-refractivity contribution in [1.29, 1.82) is 0 Å². The van der Waals surface area contributed by atoms with Crippen LogP contribution in [0.25, 0.3) is 0 Å². The fourth-order valence-electron chi connectivity index (χ4n) is 3.25. The first-order valence-electron chi connectivity index (χ1n) is 8.76. The highest BCUT2D eigenvalue weighted by Gasteiger charge is 2.57. The summed E-state index contributed by atoms with van der Waals surface area (Å²) in [7, 11) is -3.72. The van der Waals surface area contributed by atoms with Crippen LogP contribution >= 0.6 is 7.60 Å². The number of alkyl halides is 1. The molecular weight excluding hydrogens is 410 g/mol. The molecule has 1 unspecified atom stereocenters. The lowest BCUT2D eigenvalue weighted by atomic mass is 10.1. The lowest BCUT2D eigenvalue weighted by Crippen LogP contribution is -2.43. The van der Waals surface area contributed by atoms with Crippen molar-refractivity contribution >= 4 is 7.60 Å². The molecule has 3 N–H and O–H groups in total. The largest absolute Gasteiger partial charge is 0.424 e. The first-order valence-corrected chi connectivity index (χ1v) is 10.5. The number of aryl methyl sites for hydroxylation is 1. The summed E-state index contributed by atoms with van der Waals surface area (Å²) >= 11 is 0. The molecule has 1 fully saturated rings. The fourth-order valence-corrected chi connectivity index (χ4v) is 4.89. The molecule has 2 aromatic rings. The van der Waals surface area contributed by atoms with Crippen LogP contribution in [0.2, 0.25) is 0 Å². The highest BCUT2D eigenvalue weighted by Crippen LogP contribution is 2.54. The third-order valence-electron chi connectivity index (χ3n) is 4.82. The van der Waals surface area contributed by atoms with Crippen LogP contribution in [-0.2, 0) is 20.2 Å². The number of aromatic nitrogens is 2. The second-order valence-corrected chi connectivity index (χ2v) is 8.91. The van der Waals surface area contributed by atoms with Crippen molar-refractivity contribution in [2.45, 2.75) is 30.7 Å². The number of rotatable bonds is 4. The minimum Gasteiger partial charge on any atom is -0.424 e. The number of aliphatic hydroxyl groups is 2. The van der Waals surface area contributed by atoms with Gasteiger partial charge < -0.3 is 19.5 Å². The molecule has 2 aliphatic heterocycles. The van der Waals surface area contributed by atoms with E-state index in [1.54, 1.807) is 18.2 Å². The van der Waals surface area contributed by atoms with Gasteiger partial charge in [0.15, 0.2) is 6.23 Å². The Hall–Kier alpha value is -2.30. The van der Waals surface area contributed by atoms with E-state index >= 15 is 4.39 Å². The zero-order chi connectivity index (χ0) is 20.8. The Morgan fingerprint density at radius 3 is 2.83 bits per heavy atom. The summed E-state index contributed by atoms with van der Waals surface area (Å²) in [5.74, 6) is -2.60. The molecule has 4 rings (SSSR count). The average Bonchev–Trinajstić information content (AvgIpc) is 2.91. The predicted molar refractivity (Wildman–Crippen MR) is 96.5 cm³/mol. The van der Waals surface area contributed by atoms with Gasteiger partial charge in [0, 0.05) is 12.3 Å². The van der Waals surface area contributed by atoms with Crippen LogP contribution in [0.15, 0.2) is 46.1 Å². The molecule has 3 heterocycles. The molecule has 0 bridgehead atoms. The van der Waals surface area contributed by atoms with E-state index in [-0.39, 0.29) is 6.16 Å². The van der Waals surface area contributed by atoms with E-state index < -0.39 is 49.7 Å². The van der Waals surface area contributed by atoms with Crippen molar-refractivity contribution in [2.75, 3.05) is 12.8 Å². The maximum absolute atomic E-state index is 15.2. The minimum atomic E-state index is -3.72. The van der Waals surface area contributed by atoms with Crippen molar-refractivity contribution in [3.63, 3.8) is 0 Å². The van der Waals surface area contributed by atoms with E-state index in [9.17, 15) is 24.4 Å². The second kappa shape index (κ2) is 7.19. The van der Waals surface area contributed by atoms with Gasteiger partial charge in [0.2, 0.25) is 0 Å².